The molecule has 0 bridgehead atoms. The van der Waals surface area contributed by atoms with Crippen LogP contribution in [-0.2, 0) is 13.1 Å². The van der Waals surface area contributed by atoms with Crippen LogP contribution >= 0.6 is 0 Å². The second-order valence-electron chi connectivity index (χ2n) is 9.05. The van der Waals surface area contributed by atoms with E-state index in [4.69, 9.17) is 0 Å². The van der Waals surface area contributed by atoms with Crippen molar-refractivity contribution in [1.82, 2.24) is 9.13 Å². The van der Waals surface area contributed by atoms with Gasteiger partial charge in [0.2, 0.25) is 12.7 Å². The number of imidazole rings is 2. The lowest BCUT2D eigenvalue weighted by Gasteiger charge is -2.04. The van der Waals surface area contributed by atoms with E-state index in [1.165, 1.54) is 22.3 Å². The van der Waals surface area contributed by atoms with E-state index in [-0.39, 0.29) is 48.0 Å². The first kappa shape index (κ1) is 27.8. The fourth-order valence-corrected chi connectivity index (χ4v) is 4.52. The van der Waals surface area contributed by atoms with E-state index in [2.05, 4.69) is 165 Å². The topological polar surface area (TPSA) is 17.6 Å². The van der Waals surface area contributed by atoms with Gasteiger partial charge >= 0.3 is 0 Å². The van der Waals surface area contributed by atoms with E-state index in [0.717, 1.165) is 24.5 Å². The number of benzene rings is 4. The molecule has 0 atom stereocenters. The lowest BCUT2D eigenvalue weighted by Crippen LogP contribution is -3.00. The zero-order valence-corrected chi connectivity index (χ0v) is 25.1. The summed E-state index contributed by atoms with van der Waals surface area (Å²) in [4.78, 5) is 0. The summed E-state index contributed by atoms with van der Waals surface area (Å²) in [5, 5.41) is 0. The second kappa shape index (κ2) is 13.0. The number of halogens is 2. The highest BCUT2D eigenvalue weighted by molar-refractivity contribution is 5.65. The monoisotopic (exact) mass is 722 g/mol. The molecular formula is C32H28I2N4. The zero-order valence-electron chi connectivity index (χ0n) is 20.8. The van der Waals surface area contributed by atoms with Gasteiger partial charge in [-0.1, -0.05) is 84.9 Å². The summed E-state index contributed by atoms with van der Waals surface area (Å²) in [6.07, 6.45) is 12.7. The zero-order chi connectivity index (χ0) is 24.2. The number of aromatic nitrogens is 4. The van der Waals surface area contributed by atoms with E-state index in [1.807, 2.05) is 0 Å². The summed E-state index contributed by atoms with van der Waals surface area (Å²) in [5.74, 6) is 0. The molecule has 0 aliphatic carbocycles. The van der Waals surface area contributed by atoms with Crippen LogP contribution in [0.25, 0.3) is 22.5 Å². The van der Waals surface area contributed by atoms with E-state index in [1.54, 1.807) is 0 Å². The SMILES string of the molecule is [I-].[I-].c1ccc(C[n+]2ccn(-c3ccc(-c4ccc(-n5cc[n+](Cc6ccccc6)c5)cc4)cc3)c2)cc1. The van der Waals surface area contributed by atoms with Gasteiger partial charge in [0.15, 0.2) is 0 Å². The van der Waals surface area contributed by atoms with Crippen molar-refractivity contribution in [2.24, 2.45) is 0 Å². The molecule has 0 unspecified atom stereocenters. The molecule has 2 aromatic heterocycles. The smallest absolute Gasteiger partial charge is 0.249 e. The maximum Gasteiger partial charge on any atom is 0.249 e. The average molecular weight is 722 g/mol. The number of nitrogens with zero attached hydrogens (tertiary/aromatic N) is 4. The van der Waals surface area contributed by atoms with Crippen molar-refractivity contribution in [2.45, 2.75) is 13.1 Å². The Hall–Kier alpha value is -3.24. The second-order valence-corrected chi connectivity index (χ2v) is 9.05. The van der Waals surface area contributed by atoms with Crippen LogP contribution in [0.5, 0.6) is 0 Å². The molecule has 6 aromatic rings. The fourth-order valence-electron chi connectivity index (χ4n) is 4.52. The molecule has 0 aliphatic heterocycles. The van der Waals surface area contributed by atoms with Crippen LogP contribution in [0.1, 0.15) is 11.1 Å². The Morgan fingerprint density at radius 2 is 0.816 bits per heavy atom. The van der Waals surface area contributed by atoms with Gasteiger partial charge in [0.05, 0.1) is 0 Å². The molecule has 0 fully saturated rings. The minimum atomic E-state index is 0. The van der Waals surface area contributed by atoms with Crippen LogP contribution < -0.4 is 57.1 Å². The number of hydrogen-bond acceptors (Lipinski definition) is 0. The first-order valence-corrected chi connectivity index (χ1v) is 12.2. The van der Waals surface area contributed by atoms with Crippen LogP contribution in [0.4, 0.5) is 0 Å². The summed E-state index contributed by atoms with van der Waals surface area (Å²) >= 11 is 0. The maximum absolute atomic E-state index is 2.20. The predicted molar refractivity (Wildman–Crippen MR) is 142 cm³/mol. The van der Waals surface area contributed by atoms with Gasteiger partial charge in [-0.3, -0.25) is 0 Å². The third-order valence-corrected chi connectivity index (χ3v) is 6.46. The highest BCUT2D eigenvalue weighted by atomic mass is 127. The normalized spacial score (nSPS) is 10.4. The van der Waals surface area contributed by atoms with E-state index in [0.29, 0.717) is 0 Å². The highest BCUT2D eigenvalue weighted by Gasteiger charge is 2.10. The minimum Gasteiger partial charge on any atom is -1.00 e. The quantitative estimate of drug-likeness (QED) is 0.158. The predicted octanol–water partition coefficient (Wildman–Crippen LogP) is -0.385. The molecule has 4 nitrogen and oxygen atoms in total. The van der Waals surface area contributed by atoms with Crippen molar-refractivity contribution in [2.75, 3.05) is 0 Å². The molecule has 6 rings (SSSR count). The first-order chi connectivity index (χ1) is 17.8. The van der Waals surface area contributed by atoms with E-state index < -0.39 is 0 Å². The maximum atomic E-state index is 2.20. The molecule has 0 aliphatic rings. The third-order valence-electron chi connectivity index (χ3n) is 6.46. The van der Waals surface area contributed by atoms with Crippen molar-refractivity contribution < 1.29 is 57.1 Å². The first-order valence-electron chi connectivity index (χ1n) is 12.2. The summed E-state index contributed by atoms with van der Waals surface area (Å²) in [7, 11) is 0. The molecule has 0 saturated carbocycles. The Labute approximate surface area is 257 Å². The van der Waals surface area contributed by atoms with Crippen LogP contribution in [0.3, 0.4) is 0 Å². The van der Waals surface area contributed by atoms with Gasteiger partial charge in [0, 0.05) is 0 Å². The van der Waals surface area contributed by atoms with Crippen molar-refractivity contribution >= 4 is 0 Å². The number of hydrogen-bond donors (Lipinski definition) is 0. The molecule has 0 N–H and O–H groups in total. The van der Waals surface area contributed by atoms with Crippen LogP contribution in [0.15, 0.2) is 147 Å². The molecule has 38 heavy (non-hydrogen) atoms. The molecule has 0 amide bonds. The molecule has 190 valence electrons. The molecular weight excluding hydrogens is 694 g/mol. The lowest BCUT2D eigenvalue weighted by molar-refractivity contribution is -0.687. The van der Waals surface area contributed by atoms with Gasteiger partial charge in [0.1, 0.15) is 49.3 Å². The Morgan fingerprint density at radius 1 is 0.447 bits per heavy atom. The standard InChI is InChI=1S/C32H28N4.2HI/c1-3-7-27(8-4-1)23-33-19-21-35(25-33)31-15-11-29(12-16-31)30-13-17-32(18-14-30)36-22-20-34(26-36)24-28-9-5-2-6-10-28;;/h1-22,25-26H,23-24H2;2*1H/q+2;;/p-2. The van der Waals surface area contributed by atoms with Crippen LogP contribution in [-0.4, -0.2) is 9.13 Å². The van der Waals surface area contributed by atoms with Gasteiger partial charge in [-0.2, -0.15) is 0 Å². The van der Waals surface area contributed by atoms with Crippen LogP contribution in [0, 0.1) is 0 Å². The molecule has 0 saturated heterocycles. The Bertz CT molecular complexity index is 1430. The highest BCUT2D eigenvalue weighted by Crippen LogP contribution is 2.22. The summed E-state index contributed by atoms with van der Waals surface area (Å²) in [5.41, 5.74) is 7.31. The Morgan fingerprint density at radius 3 is 1.18 bits per heavy atom. The van der Waals surface area contributed by atoms with Crippen molar-refractivity contribution in [3.05, 3.63) is 158 Å². The molecule has 2 heterocycles. The van der Waals surface area contributed by atoms with Gasteiger partial charge in [-0.15, -0.1) is 0 Å². The molecule has 0 radical (unpaired) electrons. The Balaban J connectivity index is 0.00000168. The van der Waals surface area contributed by atoms with Gasteiger partial charge in [-0.05, 0) is 46.5 Å². The van der Waals surface area contributed by atoms with Gasteiger partial charge < -0.3 is 48.0 Å². The molecule has 0 spiro atoms. The van der Waals surface area contributed by atoms with E-state index >= 15 is 0 Å². The van der Waals surface area contributed by atoms with Crippen molar-refractivity contribution in [3.63, 3.8) is 0 Å². The van der Waals surface area contributed by atoms with Gasteiger partial charge in [-0.25, -0.2) is 18.3 Å². The third kappa shape index (κ3) is 6.60. The average Bonchev–Trinajstić information content (AvgIpc) is 3.60. The van der Waals surface area contributed by atoms with Gasteiger partial charge in [0.25, 0.3) is 0 Å². The molecule has 6 heteroatoms. The molecule has 4 aromatic carbocycles. The fraction of sp³-hybridized carbons (Fsp3) is 0.0625. The number of rotatable bonds is 7. The van der Waals surface area contributed by atoms with Crippen molar-refractivity contribution in [1.29, 1.82) is 0 Å². The Kier molecular flexibility index (Phi) is 9.52. The summed E-state index contributed by atoms with van der Waals surface area (Å²) in [6, 6.07) is 38.5. The van der Waals surface area contributed by atoms with E-state index in [9.17, 15) is 0 Å². The minimum absolute atomic E-state index is 0. The largest absolute Gasteiger partial charge is 1.00 e. The van der Waals surface area contributed by atoms with Crippen LogP contribution in [0.2, 0.25) is 0 Å². The summed E-state index contributed by atoms with van der Waals surface area (Å²) in [6.45, 7) is 1.73. The van der Waals surface area contributed by atoms with Crippen molar-refractivity contribution in [3.8, 4) is 22.5 Å². The lowest BCUT2D eigenvalue weighted by atomic mass is 10.0. The summed E-state index contributed by atoms with van der Waals surface area (Å²) < 4.78 is 8.72.